The summed E-state index contributed by atoms with van der Waals surface area (Å²) in [6.07, 6.45) is 0.720. The predicted octanol–water partition coefficient (Wildman–Crippen LogP) is 3.62. The topological polar surface area (TPSA) is 117 Å². The Labute approximate surface area is 199 Å². The Kier molecular flexibility index (Phi) is 9.06. The third kappa shape index (κ3) is 7.84. The minimum atomic E-state index is -1.11. The van der Waals surface area contributed by atoms with Crippen LogP contribution in [0.1, 0.15) is 32.4 Å². The largest absolute Gasteiger partial charge is 0.508 e. The lowest BCUT2D eigenvalue weighted by Crippen LogP contribution is -2.46. The van der Waals surface area contributed by atoms with E-state index in [9.17, 15) is 19.5 Å². The van der Waals surface area contributed by atoms with Crippen LogP contribution in [0.15, 0.2) is 61.2 Å². The second-order valence-electron chi connectivity index (χ2n) is 8.41. The molecule has 0 saturated heterocycles. The summed E-state index contributed by atoms with van der Waals surface area (Å²) in [5.74, 6) is -0.482. The lowest BCUT2D eigenvalue weighted by Gasteiger charge is -2.31. The Morgan fingerprint density at radius 2 is 1.82 bits per heavy atom. The number of phenolic OH excluding ortho intramolecular Hbond substituents is 1. The zero-order chi connectivity index (χ0) is 25.3. The molecular formula is C25H31N3O6. The van der Waals surface area contributed by atoms with E-state index in [0.717, 1.165) is 0 Å². The van der Waals surface area contributed by atoms with Gasteiger partial charge in [-0.25, -0.2) is 4.79 Å². The van der Waals surface area contributed by atoms with Gasteiger partial charge >= 0.3 is 6.09 Å². The molecule has 0 aliphatic carbocycles. The first-order valence-electron chi connectivity index (χ1n) is 10.6. The second-order valence-corrected chi connectivity index (χ2v) is 8.41. The van der Waals surface area contributed by atoms with Crippen LogP contribution >= 0.6 is 0 Å². The molecular weight excluding hydrogens is 438 g/mol. The number of carbonyl (C=O) groups excluding carboxylic acids is 3. The molecule has 1 atom stereocenters. The highest BCUT2D eigenvalue weighted by atomic mass is 16.6. The van der Waals surface area contributed by atoms with Gasteiger partial charge in [0.15, 0.2) is 0 Å². The monoisotopic (exact) mass is 469 g/mol. The lowest BCUT2D eigenvalue weighted by atomic mass is 10.0. The van der Waals surface area contributed by atoms with E-state index in [4.69, 9.17) is 9.47 Å². The summed E-state index contributed by atoms with van der Waals surface area (Å²) in [5.41, 5.74) is 0.156. The summed E-state index contributed by atoms with van der Waals surface area (Å²) in [7, 11) is 1.54. The second kappa shape index (κ2) is 11.7. The summed E-state index contributed by atoms with van der Waals surface area (Å²) >= 11 is 0. The smallest absolute Gasteiger partial charge is 0.408 e. The number of hydrogen-bond donors (Lipinski definition) is 3. The predicted molar refractivity (Wildman–Crippen MR) is 129 cm³/mol. The van der Waals surface area contributed by atoms with Gasteiger partial charge in [-0.15, -0.1) is 6.58 Å². The lowest BCUT2D eigenvalue weighted by molar-refractivity contribution is -0.137. The molecule has 2 rings (SSSR count). The number of nitrogens with zero attached hydrogens (tertiary/aromatic N) is 1. The van der Waals surface area contributed by atoms with Crippen molar-refractivity contribution >= 4 is 23.6 Å². The van der Waals surface area contributed by atoms with Gasteiger partial charge in [-0.2, -0.15) is 0 Å². The summed E-state index contributed by atoms with van der Waals surface area (Å²) in [6, 6.07) is 11.7. The summed E-state index contributed by atoms with van der Waals surface area (Å²) in [4.78, 5) is 39.7. The van der Waals surface area contributed by atoms with E-state index >= 15 is 0 Å². The molecule has 0 aliphatic rings. The number of benzene rings is 2. The first kappa shape index (κ1) is 26.2. The standard InChI is InChI=1S/C25H31N3O6/c1-6-14-28(21(30)16-26-24(32)34-25(2,3)4)22(17-8-7-9-19(29)15-17)23(31)27-18-10-12-20(33-5)13-11-18/h6-13,15,22,29H,1,14,16H2,2-5H3,(H,26,32)(H,27,31). The average Bonchev–Trinajstić information content (AvgIpc) is 2.76. The van der Waals surface area contributed by atoms with E-state index in [0.29, 0.717) is 17.0 Å². The van der Waals surface area contributed by atoms with Crippen LogP contribution in [0.4, 0.5) is 10.5 Å². The maximum Gasteiger partial charge on any atom is 0.408 e. The minimum absolute atomic E-state index is 0.0190. The van der Waals surface area contributed by atoms with Gasteiger partial charge < -0.3 is 30.1 Å². The molecule has 3 amide bonds. The van der Waals surface area contributed by atoms with Crippen LogP contribution in [0, 0.1) is 0 Å². The molecule has 9 heteroatoms. The Morgan fingerprint density at radius 3 is 2.38 bits per heavy atom. The number of ether oxygens (including phenoxy) is 2. The molecule has 0 heterocycles. The van der Waals surface area contributed by atoms with Crippen molar-refractivity contribution in [3.05, 3.63) is 66.7 Å². The molecule has 0 fully saturated rings. The number of methoxy groups -OCH3 is 1. The van der Waals surface area contributed by atoms with E-state index in [2.05, 4.69) is 17.2 Å². The number of anilines is 1. The molecule has 0 radical (unpaired) electrons. The third-order valence-corrected chi connectivity index (χ3v) is 4.53. The number of alkyl carbamates (subject to hydrolysis) is 1. The molecule has 182 valence electrons. The van der Waals surface area contributed by atoms with Crippen molar-refractivity contribution in [1.29, 1.82) is 0 Å². The third-order valence-electron chi connectivity index (χ3n) is 4.53. The van der Waals surface area contributed by atoms with Crippen LogP contribution in [0.25, 0.3) is 0 Å². The van der Waals surface area contributed by atoms with Crippen molar-refractivity contribution in [2.75, 3.05) is 25.5 Å². The van der Waals surface area contributed by atoms with Crippen molar-refractivity contribution in [2.45, 2.75) is 32.4 Å². The van der Waals surface area contributed by atoms with Gasteiger partial charge in [0.1, 0.15) is 29.7 Å². The molecule has 0 saturated carbocycles. The van der Waals surface area contributed by atoms with Crippen LogP contribution < -0.4 is 15.4 Å². The highest BCUT2D eigenvalue weighted by molar-refractivity contribution is 5.98. The van der Waals surface area contributed by atoms with E-state index in [-0.39, 0.29) is 12.3 Å². The number of phenols is 1. The molecule has 0 bridgehead atoms. The van der Waals surface area contributed by atoms with Gasteiger partial charge in [0, 0.05) is 12.2 Å². The van der Waals surface area contributed by atoms with Crippen LogP contribution in [0.3, 0.4) is 0 Å². The Balaban J connectivity index is 2.31. The fourth-order valence-corrected chi connectivity index (χ4v) is 3.11. The normalized spacial score (nSPS) is 11.6. The molecule has 2 aromatic rings. The SMILES string of the molecule is C=CCN(C(=O)CNC(=O)OC(C)(C)C)C(C(=O)Nc1ccc(OC)cc1)c1cccc(O)c1. The molecule has 9 nitrogen and oxygen atoms in total. The minimum Gasteiger partial charge on any atom is -0.508 e. The van der Waals surface area contributed by atoms with Crippen molar-refractivity contribution in [1.82, 2.24) is 10.2 Å². The Morgan fingerprint density at radius 1 is 1.15 bits per heavy atom. The quantitative estimate of drug-likeness (QED) is 0.483. The van der Waals surface area contributed by atoms with Gasteiger partial charge in [-0.05, 0) is 62.7 Å². The van der Waals surface area contributed by atoms with Gasteiger partial charge in [0.05, 0.1) is 7.11 Å². The van der Waals surface area contributed by atoms with E-state index < -0.39 is 36.1 Å². The maximum atomic E-state index is 13.4. The van der Waals surface area contributed by atoms with E-state index in [1.807, 2.05) is 0 Å². The number of aromatic hydroxyl groups is 1. The molecule has 2 aromatic carbocycles. The van der Waals surface area contributed by atoms with Crippen molar-refractivity contribution in [3.8, 4) is 11.5 Å². The Bertz CT molecular complexity index is 1010. The van der Waals surface area contributed by atoms with Crippen molar-refractivity contribution in [3.63, 3.8) is 0 Å². The first-order valence-corrected chi connectivity index (χ1v) is 10.6. The molecule has 0 aromatic heterocycles. The molecule has 0 spiro atoms. The Hall–Kier alpha value is -4.01. The van der Waals surface area contributed by atoms with Crippen molar-refractivity contribution in [2.24, 2.45) is 0 Å². The van der Waals surface area contributed by atoms with Crippen LogP contribution in [0.2, 0.25) is 0 Å². The summed E-state index contributed by atoms with van der Waals surface area (Å²) < 4.78 is 10.3. The number of amides is 3. The molecule has 1 unspecified atom stereocenters. The van der Waals surface area contributed by atoms with Gasteiger partial charge in [0.25, 0.3) is 5.91 Å². The highest BCUT2D eigenvalue weighted by Gasteiger charge is 2.31. The fraction of sp³-hybridized carbons (Fsp3) is 0.320. The van der Waals surface area contributed by atoms with E-state index in [1.165, 1.54) is 30.2 Å². The van der Waals surface area contributed by atoms with Crippen LogP contribution in [-0.4, -0.2) is 53.7 Å². The van der Waals surface area contributed by atoms with Gasteiger partial charge in [-0.1, -0.05) is 18.2 Å². The first-order chi connectivity index (χ1) is 16.0. The fourth-order valence-electron chi connectivity index (χ4n) is 3.11. The number of nitrogens with one attached hydrogen (secondary N) is 2. The molecule has 34 heavy (non-hydrogen) atoms. The van der Waals surface area contributed by atoms with Gasteiger partial charge in [0.2, 0.25) is 5.91 Å². The zero-order valence-electron chi connectivity index (χ0n) is 19.8. The molecule has 3 N–H and O–H groups in total. The highest BCUT2D eigenvalue weighted by Crippen LogP contribution is 2.26. The summed E-state index contributed by atoms with van der Waals surface area (Å²) in [5, 5.41) is 15.2. The maximum absolute atomic E-state index is 13.4. The number of carbonyl (C=O) groups is 3. The summed E-state index contributed by atoms with van der Waals surface area (Å²) in [6.45, 7) is 8.43. The number of hydrogen-bond acceptors (Lipinski definition) is 6. The molecule has 0 aliphatic heterocycles. The van der Waals surface area contributed by atoms with Crippen LogP contribution in [-0.2, 0) is 14.3 Å². The van der Waals surface area contributed by atoms with Gasteiger partial charge in [-0.3, -0.25) is 9.59 Å². The zero-order valence-corrected chi connectivity index (χ0v) is 19.8. The van der Waals surface area contributed by atoms with Crippen LogP contribution in [0.5, 0.6) is 11.5 Å². The van der Waals surface area contributed by atoms with Crippen molar-refractivity contribution < 1.29 is 29.0 Å². The average molecular weight is 470 g/mol. The number of rotatable bonds is 9. The van der Waals surface area contributed by atoms with E-state index in [1.54, 1.807) is 57.2 Å².